The van der Waals surface area contributed by atoms with Gasteiger partial charge in [-0.3, -0.25) is 19.3 Å². The molecule has 0 radical (unpaired) electrons. The number of alkyl halides is 3. The van der Waals surface area contributed by atoms with Gasteiger partial charge in [0.15, 0.2) is 11.9 Å². The van der Waals surface area contributed by atoms with Crippen LogP contribution in [0, 0.1) is 26.6 Å². The highest BCUT2D eigenvalue weighted by atomic mass is 35.5. The number of pyridine rings is 3. The van der Waals surface area contributed by atoms with Crippen LogP contribution in [0.15, 0.2) is 47.7 Å². The molecule has 1 unspecified atom stereocenters. The van der Waals surface area contributed by atoms with Crippen LogP contribution in [-0.2, 0) is 6.61 Å². The monoisotopic (exact) mass is 548 g/mol. The molecule has 0 aliphatic carbocycles. The Morgan fingerprint density at radius 3 is 2.50 bits per heavy atom. The van der Waals surface area contributed by atoms with Crippen LogP contribution in [0.5, 0.6) is 5.75 Å². The van der Waals surface area contributed by atoms with Gasteiger partial charge in [-0.25, -0.2) is 14.4 Å². The molecule has 4 rings (SSSR count). The van der Waals surface area contributed by atoms with Crippen LogP contribution in [0.2, 0.25) is 5.02 Å². The fourth-order valence-electron chi connectivity index (χ4n) is 3.61. The normalized spacial score (nSPS) is 12.4. The number of nitrogens with two attached hydrogens (primary N) is 1. The molecule has 0 fully saturated rings. The highest BCUT2D eigenvalue weighted by molar-refractivity contribution is 6.31. The summed E-state index contributed by atoms with van der Waals surface area (Å²) >= 11 is 6.33. The maximum absolute atomic E-state index is 14.1. The Bertz CT molecular complexity index is 1570. The molecule has 0 spiro atoms. The summed E-state index contributed by atoms with van der Waals surface area (Å²) in [6.45, 7) is 4.80. The minimum atomic E-state index is -4.73. The fraction of sp³-hybridized carbons (Fsp3) is 0.240. The van der Waals surface area contributed by atoms with Gasteiger partial charge in [0.05, 0.1) is 17.1 Å². The smallest absolute Gasteiger partial charge is 0.410 e. The molecule has 4 aromatic rings. The number of rotatable bonds is 6. The molecule has 0 aliphatic heterocycles. The third-order valence-corrected chi connectivity index (χ3v) is 5.95. The summed E-state index contributed by atoms with van der Waals surface area (Å²) in [6.07, 6.45) is -0.632. The van der Waals surface area contributed by atoms with Gasteiger partial charge in [-0.1, -0.05) is 11.6 Å². The second-order valence-corrected chi connectivity index (χ2v) is 8.89. The molecule has 0 aliphatic rings. The SMILES string of the molecule is Cc1cnc(COc2cc(C)n(-c3cc(-c4ccnc(C(N)C(F)(F)F)n4)ncc3C)c(=O)c2Cl)c(F)c1. The van der Waals surface area contributed by atoms with Crippen molar-refractivity contribution in [3.63, 3.8) is 0 Å². The third kappa shape index (κ3) is 5.50. The topological polar surface area (TPSA) is 109 Å². The van der Waals surface area contributed by atoms with Crippen LogP contribution in [-0.4, -0.2) is 30.7 Å². The van der Waals surface area contributed by atoms with Crippen molar-refractivity contribution in [1.82, 2.24) is 24.5 Å². The van der Waals surface area contributed by atoms with E-state index in [0.717, 1.165) is 6.20 Å². The van der Waals surface area contributed by atoms with Gasteiger partial charge in [-0.15, -0.1) is 0 Å². The maximum atomic E-state index is 14.1. The second kappa shape index (κ2) is 10.5. The molecule has 8 nitrogen and oxygen atoms in total. The first-order chi connectivity index (χ1) is 17.9. The second-order valence-electron chi connectivity index (χ2n) is 8.51. The summed E-state index contributed by atoms with van der Waals surface area (Å²) in [6, 6.07) is 3.34. The Morgan fingerprint density at radius 2 is 1.82 bits per heavy atom. The Kier molecular flexibility index (Phi) is 7.47. The van der Waals surface area contributed by atoms with Crippen LogP contribution in [0.25, 0.3) is 17.1 Å². The summed E-state index contributed by atoms with van der Waals surface area (Å²) in [5.41, 5.74) is 6.97. The van der Waals surface area contributed by atoms with E-state index in [9.17, 15) is 22.4 Å². The van der Waals surface area contributed by atoms with E-state index < -0.39 is 29.4 Å². The summed E-state index contributed by atoms with van der Waals surface area (Å²) < 4.78 is 60.2. The van der Waals surface area contributed by atoms with Crippen LogP contribution in [0.3, 0.4) is 0 Å². The molecular weight excluding hydrogens is 528 g/mol. The number of ether oxygens (including phenoxy) is 1. The van der Waals surface area contributed by atoms with E-state index in [1.54, 1.807) is 20.8 Å². The number of halogens is 5. The highest BCUT2D eigenvalue weighted by Crippen LogP contribution is 2.30. The van der Waals surface area contributed by atoms with E-state index in [0.29, 0.717) is 22.5 Å². The molecule has 38 heavy (non-hydrogen) atoms. The minimum absolute atomic E-state index is 0.0423. The van der Waals surface area contributed by atoms with Crippen molar-refractivity contribution in [1.29, 1.82) is 0 Å². The molecule has 4 aromatic heterocycles. The van der Waals surface area contributed by atoms with Gasteiger partial charge in [0.2, 0.25) is 0 Å². The predicted octanol–water partition coefficient (Wildman–Crippen LogP) is 4.94. The number of aryl methyl sites for hydroxylation is 3. The zero-order chi connectivity index (χ0) is 27.8. The summed E-state index contributed by atoms with van der Waals surface area (Å²) in [5.74, 6) is -1.12. The lowest BCUT2D eigenvalue weighted by atomic mass is 10.1. The molecule has 2 N–H and O–H groups in total. The average Bonchev–Trinajstić information content (AvgIpc) is 2.86. The molecule has 0 bridgehead atoms. The van der Waals surface area contributed by atoms with Gasteiger partial charge in [0, 0.05) is 30.4 Å². The van der Waals surface area contributed by atoms with Crippen molar-refractivity contribution < 1.29 is 22.3 Å². The Hall–Kier alpha value is -3.90. The molecular formula is C25H21ClF4N6O2. The predicted molar refractivity (Wildman–Crippen MR) is 132 cm³/mol. The van der Waals surface area contributed by atoms with E-state index in [2.05, 4.69) is 19.9 Å². The maximum Gasteiger partial charge on any atom is 0.410 e. The van der Waals surface area contributed by atoms with E-state index in [-0.39, 0.29) is 34.5 Å². The Labute approximate surface area is 219 Å². The lowest BCUT2D eigenvalue weighted by Gasteiger charge is -2.17. The number of hydrogen-bond donors (Lipinski definition) is 1. The zero-order valence-corrected chi connectivity index (χ0v) is 21.1. The van der Waals surface area contributed by atoms with Gasteiger partial charge in [0.1, 0.15) is 28.9 Å². The molecule has 1 atom stereocenters. The Balaban J connectivity index is 1.70. The highest BCUT2D eigenvalue weighted by Gasteiger charge is 2.40. The van der Waals surface area contributed by atoms with Gasteiger partial charge >= 0.3 is 6.18 Å². The number of nitrogens with zero attached hydrogens (tertiary/aromatic N) is 5. The standard InChI is InChI=1S/C25H21ClF4N6O2/c1-12-6-15(27)18(33-9-12)11-38-20-7-14(3)36(24(37)21(20)26)19-8-17(34-10-13(19)2)16-4-5-32-23(35-16)22(31)25(28,29)30/h4-10,22H,11,31H2,1-3H3. The molecule has 4 heterocycles. The minimum Gasteiger partial charge on any atom is -0.485 e. The molecule has 198 valence electrons. The van der Waals surface area contributed by atoms with E-state index in [1.165, 1.54) is 41.2 Å². The van der Waals surface area contributed by atoms with Gasteiger partial charge in [0.25, 0.3) is 5.56 Å². The van der Waals surface area contributed by atoms with Crippen molar-refractivity contribution in [3.8, 4) is 22.8 Å². The average molecular weight is 549 g/mol. The van der Waals surface area contributed by atoms with Gasteiger partial charge in [-0.05, 0) is 50.1 Å². The summed E-state index contributed by atoms with van der Waals surface area (Å²) in [5, 5.41) is -0.249. The molecule has 13 heteroatoms. The molecule has 0 aromatic carbocycles. The fourth-order valence-corrected chi connectivity index (χ4v) is 3.80. The van der Waals surface area contributed by atoms with Crippen LogP contribution in [0.4, 0.5) is 17.6 Å². The molecule has 0 saturated heterocycles. The van der Waals surface area contributed by atoms with Gasteiger partial charge < -0.3 is 10.5 Å². The van der Waals surface area contributed by atoms with Crippen molar-refractivity contribution in [2.24, 2.45) is 5.73 Å². The summed E-state index contributed by atoms with van der Waals surface area (Å²) in [4.78, 5) is 29.1. The quantitative estimate of drug-likeness (QED) is 0.340. The van der Waals surface area contributed by atoms with Crippen LogP contribution in [0.1, 0.15) is 34.4 Å². The number of hydrogen-bond acceptors (Lipinski definition) is 7. The van der Waals surface area contributed by atoms with E-state index in [4.69, 9.17) is 22.1 Å². The first kappa shape index (κ1) is 27.1. The van der Waals surface area contributed by atoms with Crippen molar-refractivity contribution in [2.45, 2.75) is 39.6 Å². The van der Waals surface area contributed by atoms with Gasteiger partial charge in [-0.2, -0.15) is 13.2 Å². The Morgan fingerprint density at radius 1 is 1.08 bits per heavy atom. The van der Waals surface area contributed by atoms with Crippen LogP contribution < -0.4 is 16.0 Å². The van der Waals surface area contributed by atoms with Crippen molar-refractivity contribution in [2.75, 3.05) is 0 Å². The number of aromatic nitrogens is 5. The lowest BCUT2D eigenvalue weighted by Crippen LogP contribution is -2.30. The van der Waals surface area contributed by atoms with Crippen molar-refractivity contribution >= 4 is 11.6 Å². The largest absolute Gasteiger partial charge is 0.485 e. The third-order valence-electron chi connectivity index (χ3n) is 5.60. The zero-order valence-electron chi connectivity index (χ0n) is 20.3. The first-order valence-electron chi connectivity index (χ1n) is 11.2. The lowest BCUT2D eigenvalue weighted by molar-refractivity contribution is -0.150. The molecule has 0 saturated carbocycles. The van der Waals surface area contributed by atoms with E-state index in [1.807, 2.05) is 0 Å². The first-order valence-corrected chi connectivity index (χ1v) is 11.5. The summed E-state index contributed by atoms with van der Waals surface area (Å²) in [7, 11) is 0. The molecule has 0 amide bonds. The van der Waals surface area contributed by atoms with E-state index >= 15 is 0 Å². The van der Waals surface area contributed by atoms with Crippen LogP contribution >= 0.6 is 11.6 Å². The van der Waals surface area contributed by atoms with Crippen molar-refractivity contribution in [3.05, 3.63) is 92.4 Å².